The standard InChI is InChI=1S/C15H17ClN2O2/c1-9-12(16)4-2-11-10(3-5-14(19)20)13-8-17-6-7-18(13)15(9)11/h2,4,17H,3,5-8H2,1H3,(H,19,20). The molecule has 0 saturated heterocycles. The minimum Gasteiger partial charge on any atom is -0.481 e. The molecule has 0 atom stereocenters. The number of aryl methyl sites for hydroxylation is 2. The molecule has 0 saturated carbocycles. The Balaban J connectivity index is 2.22. The van der Waals surface area contributed by atoms with Crippen molar-refractivity contribution < 1.29 is 9.90 Å². The summed E-state index contributed by atoms with van der Waals surface area (Å²) >= 11 is 6.24. The molecule has 106 valence electrons. The predicted molar refractivity (Wildman–Crippen MR) is 79.3 cm³/mol. The van der Waals surface area contributed by atoms with Gasteiger partial charge in [0.05, 0.1) is 5.52 Å². The number of benzene rings is 1. The van der Waals surface area contributed by atoms with E-state index in [1.165, 1.54) is 5.69 Å². The van der Waals surface area contributed by atoms with Gasteiger partial charge in [0.1, 0.15) is 0 Å². The van der Waals surface area contributed by atoms with Crippen LogP contribution >= 0.6 is 11.6 Å². The van der Waals surface area contributed by atoms with E-state index in [0.29, 0.717) is 6.42 Å². The maximum absolute atomic E-state index is 10.9. The fraction of sp³-hybridized carbons (Fsp3) is 0.400. The molecule has 0 bridgehead atoms. The van der Waals surface area contributed by atoms with E-state index in [9.17, 15) is 4.79 Å². The SMILES string of the molecule is Cc1c(Cl)ccc2c(CCC(=O)O)c3n(c12)CCNC3. The molecule has 1 aliphatic rings. The largest absolute Gasteiger partial charge is 0.481 e. The van der Waals surface area contributed by atoms with Crippen LogP contribution in [0.3, 0.4) is 0 Å². The molecule has 2 heterocycles. The van der Waals surface area contributed by atoms with Gasteiger partial charge in [0.2, 0.25) is 0 Å². The van der Waals surface area contributed by atoms with Crippen LogP contribution in [-0.4, -0.2) is 22.2 Å². The Hall–Kier alpha value is -1.52. The fourth-order valence-corrected chi connectivity index (χ4v) is 3.23. The molecule has 4 nitrogen and oxygen atoms in total. The molecule has 0 fully saturated rings. The van der Waals surface area contributed by atoms with E-state index in [4.69, 9.17) is 16.7 Å². The lowest BCUT2D eigenvalue weighted by Crippen LogP contribution is -2.28. The number of aliphatic carboxylic acids is 1. The molecule has 3 rings (SSSR count). The van der Waals surface area contributed by atoms with Gasteiger partial charge in [0, 0.05) is 42.2 Å². The highest BCUT2D eigenvalue weighted by Crippen LogP contribution is 2.34. The molecule has 2 N–H and O–H groups in total. The van der Waals surface area contributed by atoms with Crippen LogP contribution in [-0.2, 0) is 24.3 Å². The van der Waals surface area contributed by atoms with Crippen molar-refractivity contribution in [3.05, 3.63) is 34.0 Å². The van der Waals surface area contributed by atoms with Crippen LogP contribution in [0.5, 0.6) is 0 Å². The number of rotatable bonds is 3. The number of aromatic nitrogens is 1. The van der Waals surface area contributed by atoms with E-state index in [1.807, 2.05) is 19.1 Å². The summed E-state index contributed by atoms with van der Waals surface area (Å²) in [6, 6.07) is 3.93. The molecule has 0 unspecified atom stereocenters. The van der Waals surface area contributed by atoms with E-state index in [0.717, 1.165) is 46.7 Å². The first-order valence-electron chi connectivity index (χ1n) is 6.81. The van der Waals surface area contributed by atoms with Crippen molar-refractivity contribution >= 4 is 28.5 Å². The molecule has 20 heavy (non-hydrogen) atoms. The van der Waals surface area contributed by atoms with Crippen molar-refractivity contribution in [2.45, 2.75) is 32.9 Å². The maximum atomic E-state index is 10.9. The zero-order chi connectivity index (χ0) is 14.3. The van der Waals surface area contributed by atoms with Crippen LogP contribution in [0.15, 0.2) is 12.1 Å². The van der Waals surface area contributed by atoms with Gasteiger partial charge in [0.25, 0.3) is 0 Å². The number of carboxylic acid groups (broad SMARTS) is 1. The summed E-state index contributed by atoms with van der Waals surface area (Å²) in [5.74, 6) is -0.757. The predicted octanol–water partition coefficient (Wildman–Crippen LogP) is 2.72. The monoisotopic (exact) mass is 292 g/mol. The molecule has 0 aliphatic carbocycles. The van der Waals surface area contributed by atoms with Gasteiger partial charge in [-0.3, -0.25) is 4.79 Å². The highest BCUT2D eigenvalue weighted by molar-refractivity contribution is 6.32. The zero-order valence-corrected chi connectivity index (χ0v) is 12.1. The van der Waals surface area contributed by atoms with Crippen molar-refractivity contribution in [3.8, 4) is 0 Å². The number of fused-ring (bicyclic) bond motifs is 3. The summed E-state index contributed by atoms with van der Waals surface area (Å²) in [6.45, 7) is 4.66. The summed E-state index contributed by atoms with van der Waals surface area (Å²) in [7, 11) is 0. The normalized spacial score (nSPS) is 14.5. The Morgan fingerprint density at radius 2 is 2.30 bits per heavy atom. The molecule has 2 aromatic rings. The fourth-order valence-electron chi connectivity index (χ4n) is 3.08. The van der Waals surface area contributed by atoms with Gasteiger partial charge in [-0.1, -0.05) is 17.7 Å². The van der Waals surface area contributed by atoms with Crippen molar-refractivity contribution in [1.29, 1.82) is 0 Å². The third-order valence-corrected chi connectivity index (χ3v) is 4.44. The van der Waals surface area contributed by atoms with E-state index in [2.05, 4.69) is 9.88 Å². The zero-order valence-electron chi connectivity index (χ0n) is 11.4. The van der Waals surface area contributed by atoms with Crippen LogP contribution < -0.4 is 5.32 Å². The van der Waals surface area contributed by atoms with Gasteiger partial charge in [-0.15, -0.1) is 0 Å². The third-order valence-electron chi connectivity index (χ3n) is 4.03. The number of hydrogen-bond donors (Lipinski definition) is 2. The molecule has 0 spiro atoms. The topological polar surface area (TPSA) is 54.3 Å². The summed E-state index contributed by atoms with van der Waals surface area (Å²) in [4.78, 5) is 10.9. The minimum atomic E-state index is -0.757. The lowest BCUT2D eigenvalue weighted by molar-refractivity contribution is -0.136. The molecular weight excluding hydrogens is 276 g/mol. The van der Waals surface area contributed by atoms with Gasteiger partial charge in [-0.05, 0) is 30.5 Å². The summed E-state index contributed by atoms with van der Waals surface area (Å²) in [5, 5.41) is 14.2. The lowest BCUT2D eigenvalue weighted by Gasteiger charge is -2.19. The third kappa shape index (κ3) is 2.09. The van der Waals surface area contributed by atoms with Crippen LogP contribution in [0.1, 0.15) is 23.2 Å². The first-order valence-corrected chi connectivity index (χ1v) is 7.19. The van der Waals surface area contributed by atoms with E-state index < -0.39 is 5.97 Å². The number of nitrogens with one attached hydrogen (secondary N) is 1. The number of carbonyl (C=O) groups is 1. The Labute approximate surface area is 122 Å². The second-order valence-electron chi connectivity index (χ2n) is 5.22. The Morgan fingerprint density at radius 3 is 3.05 bits per heavy atom. The highest BCUT2D eigenvalue weighted by Gasteiger charge is 2.21. The van der Waals surface area contributed by atoms with E-state index in [1.54, 1.807) is 0 Å². The molecular formula is C15H17ClN2O2. The molecule has 5 heteroatoms. The number of carboxylic acids is 1. The number of hydrogen-bond acceptors (Lipinski definition) is 2. The average Bonchev–Trinajstić information content (AvgIpc) is 2.75. The van der Waals surface area contributed by atoms with E-state index in [-0.39, 0.29) is 6.42 Å². The van der Waals surface area contributed by atoms with Gasteiger partial charge in [-0.25, -0.2) is 0 Å². The first-order chi connectivity index (χ1) is 9.59. The van der Waals surface area contributed by atoms with Crippen molar-refractivity contribution in [2.24, 2.45) is 0 Å². The van der Waals surface area contributed by atoms with Crippen LogP contribution in [0.25, 0.3) is 10.9 Å². The quantitative estimate of drug-likeness (QED) is 0.914. The minimum absolute atomic E-state index is 0.161. The highest BCUT2D eigenvalue weighted by atomic mass is 35.5. The first kappa shape index (κ1) is 13.5. The van der Waals surface area contributed by atoms with Crippen molar-refractivity contribution in [3.63, 3.8) is 0 Å². The second kappa shape index (κ2) is 5.11. The van der Waals surface area contributed by atoms with Gasteiger partial charge >= 0.3 is 5.97 Å². The summed E-state index contributed by atoms with van der Waals surface area (Å²) in [5.41, 5.74) is 4.59. The van der Waals surface area contributed by atoms with Crippen LogP contribution in [0.4, 0.5) is 0 Å². The maximum Gasteiger partial charge on any atom is 0.303 e. The molecule has 1 aliphatic heterocycles. The van der Waals surface area contributed by atoms with Crippen molar-refractivity contribution in [1.82, 2.24) is 9.88 Å². The average molecular weight is 293 g/mol. The Bertz CT molecular complexity index is 691. The lowest BCUT2D eigenvalue weighted by atomic mass is 10.0. The van der Waals surface area contributed by atoms with Gasteiger partial charge < -0.3 is 15.0 Å². The smallest absolute Gasteiger partial charge is 0.303 e. The summed E-state index contributed by atoms with van der Waals surface area (Å²) < 4.78 is 2.30. The Morgan fingerprint density at radius 1 is 1.50 bits per heavy atom. The Kier molecular flexibility index (Phi) is 3.44. The van der Waals surface area contributed by atoms with Crippen molar-refractivity contribution in [2.75, 3.05) is 6.54 Å². The van der Waals surface area contributed by atoms with E-state index >= 15 is 0 Å². The molecule has 1 aromatic carbocycles. The van der Waals surface area contributed by atoms with Crippen LogP contribution in [0.2, 0.25) is 5.02 Å². The van der Waals surface area contributed by atoms with Gasteiger partial charge in [0.15, 0.2) is 0 Å². The van der Waals surface area contributed by atoms with Crippen LogP contribution in [0, 0.1) is 6.92 Å². The second-order valence-corrected chi connectivity index (χ2v) is 5.62. The number of nitrogens with zero attached hydrogens (tertiary/aromatic N) is 1. The number of halogens is 1. The van der Waals surface area contributed by atoms with Gasteiger partial charge in [-0.2, -0.15) is 0 Å². The molecule has 1 aromatic heterocycles. The molecule has 0 radical (unpaired) electrons. The molecule has 0 amide bonds. The summed E-state index contributed by atoms with van der Waals surface area (Å²) in [6.07, 6.45) is 0.727.